The Bertz CT molecular complexity index is 359. The maximum atomic E-state index is 11.9. The summed E-state index contributed by atoms with van der Waals surface area (Å²) in [6, 6.07) is 0. The van der Waals surface area contributed by atoms with Crippen molar-refractivity contribution in [3.8, 4) is 0 Å². The Hall–Kier alpha value is -0.810. The summed E-state index contributed by atoms with van der Waals surface area (Å²) < 4.78 is 5.39. The van der Waals surface area contributed by atoms with Crippen LogP contribution in [0.4, 0.5) is 4.79 Å². The summed E-state index contributed by atoms with van der Waals surface area (Å²) in [6.45, 7) is 12.1. The second kappa shape index (κ2) is 6.53. The molecule has 1 N–H and O–H groups in total. The largest absolute Gasteiger partial charge is 0.444 e. The zero-order valence-electron chi connectivity index (χ0n) is 13.8. The maximum absolute atomic E-state index is 11.9. The van der Waals surface area contributed by atoms with E-state index in [1.165, 1.54) is 12.8 Å². The predicted molar refractivity (Wildman–Crippen MR) is 82.1 cm³/mol. The smallest absolute Gasteiger partial charge is 0.410 e. The molecule has 2 saturated heterocycles. The molecule has 21 heavy (non-hydrogen) atoms. The molecule has 0 bridgehead atoms. The Morgan fingerprint density at radius 2 is 1.95 bits per heavy atom. The van der Waals surface area contributed by atoms with Gasteiger partial charge in [-0.3, -0.25) is 0 Å². The van der Waals surface area contributed by atoms with Crippen LogP contribution in [0.5, 0.6) is 0 Å². The second-order valence-corrected chi connectivity index (χ2v) is 7.66. The first-order chi connectivity index (χ1) is 9.74. The van der Waals surface area contributed by atoms with E-state index in [1.54, 1.807) is 0 Å². The zero-order chi connectivity index (χ0) is 15.6. The number of aliphatic hydroxyl groups excluding tert-OH is 1. The van der Waals surface area contributed by atoms with E-state index in [4.69, 9.17) is 4.74 Å². The second-order valence-electron chi connectivity index (χ2n) is 7.66. The highest BCUT2D eigenvalue weighted by Crippen LogP contribution is 2.31. The monoisotopic (exact) mass is 298 g/mol. The molecule has 0 aromatic carbocycles. The van der Waals surface area contributed by atoms with Gasteiger partial charge in [0.05, 0.1) is 6.10 Å². The standard InChI is InChI=1S/C16H30N2O3/c1-12(19)8-17-7-5-6-13(9-17)14-10-18(11-14)15(20)21-16(2,3)4/h12-14,19H,5-11H2,1-4H3. The summed E-state index contributed by atoms with van der Waals surface area (Å²) in [5, 5.41) is 9.51. The maximum Gasteiger partial charge on any atom is 0.410 e. The third-order valence-corrected chi connectivity index (χ3v) is 4.29. The van der Waals surface area contributed by atoms with Crippen LogP contribution in [-0.2, 0) is 4.74 Å². The Morgan fingerprint density at radius 1 is 1.29 bits per heavy atom. The van der Waals surface area contributed by atoms with Gasteiger partial charge in [-0.15, -0.1) is 0 Å². The number of rotatable bonds is 3. The summed E-state index contributed by atoms with van der Waals surface area (Å²) in [7, 11) is 0. The number of aliphatic hydroxyl groups is 1. The molecule has 0 aromatic rings. The number of β-amino-alcohol motifs (C(OH)–C–C–N with tert-alkyl or cyclic N) is 1. The lowest BCUT2D eigenvalue weighted by atomic mass is 9.81. The van der Waals surface area contributed by atoms with Gasteiger partial charge in [0, 0.05) is 26.2 Å². The van der Waals surface area contributed by atoms with Crippen molar-refractivity contribution < 1.29 is 14.6 Å². The molecule has 0 aliphatic carbocycles. The Labute approximate surface area is 128 Å². The minimum atomic E-state index is -0.416. The first kappa shape index (κ1) is 16.6. The van der Waals surface area contributed by atoms with Crippen molar-refractivity contribution in [3.05, 3.63) is 0 Å². The van der Waals surface area contributed by atoms with Crippen LogP contribution in [0.3, 0.4) is 0 Å². The van der Waals surface area contributed by atoms with E-state index in [0.717, 1.165) is 32.7 Å². The highest BCUT2D eigenvalue weighted by Gasteiger charge is 2.39. The lowest BCUT2D eigenvalue weighted by Gasteiger charge is -2.46. The van der Waals surface area contributed by atoms with E-state index >= 15 is 0 Å². The third kappa shape index (κ3) is 4.85. The number of carbonyl (C=O) groups excluding carboxylic acids is 1. The molecule has 2 fully saturated rings. The molecule has 2 aliphatic rings. The third-order valence-electron chi connectivity index (χ3n) is 4.29. The summed E-state index contributed by atoms with van der Waals surface area (Å²) in [5.74, 6) is 1.24. The van der Waals surface area contributed by atoms with Gasteiger partial charge in [-0.2, -0.15) is 0 Å². The fourth-order valence-corrected chi connectivity index (χ4v) is 3.30. The number of hydrogen-bond donors (Lipinski definition) is 1. The van der Waals surface area contributed by atoms with Crippen LogP contribution >= 0.6 is 0 Å². The molecule has 5 nitrogen and oxygen atoms in total. The molecule has 0 saturated carbocycles. The number of piperidine rings is 1. The molecule has 0 spiro atoms. The highest BCUT2D eigenvalue weighted by molar-refractivity contribution is 5.69. The van der Waals surface area contributed by atoms with E-state index < -0.39 is 5.60 Å². The van der Waals surface area contributed by atoms with Crippen LogP contribution < -0.4 is 0 Å². The van der Waals surface area contributed by atoms with E-state index in [1.807, 2.05) is 32.6 Å². The summed E-state index contributed by atoms with van der Waals surface area (Å²) in [5.41, 5.74) is -0.416. The van der Waals surface area contributed by atoms with Crippen molar-refractivity contribution in [1.29, 1.82) is 0 Å². The van der Waals surface area contributed by atoms with Crippen molar-refractivity contribution in [2.75, 3.05) is 32.7 Å². The van der Waals surface area contributed by atoms with Crippen molar-refractivity contribution in [1.82, 2.24) is 9.80 Å². The fourth-order valence-electron chi connectivity index (χ4n) is 3.30. The average molecular weight is 298 g/mol. The molecular weight excluding hydrogens is 268 g/mol. The van der Waals surface area contributed by atoms with Gasteiger partial charge in [-0.1, -0.05) is 0 Å². The SMILES string of the molecule is CC(O)CN1CCCC(C2CN(C(=O)OC(C)(C)C)C2)C1. The lowest BCUT2D eigenvalue weighted by Crippen LogP contribution is -2.56. The topological polar surface area (TPSA) is 53.0 Å². The van der Waals surface area contributed by atoms with Crippen LogP contribution in [-0.4, -0.2) is 65.4 Å². The quantitative estimate of drug-likeness (QED) is 0.865. The van der Waals surface area contributed by atoms with Gasteiger partial charge in [0.15, 0.2) is 0 Å². The number of nitrogens with zero attached hydrogens (tertiary/aromatic N) is 2. The first-order valence-corrected chi connectivity index (χ1v) is 8.13. The first-order valence-electron chi connectivity index (χ1n) is 8.13. The number of likely N-dealkylation sites (tertiary alicyclic amines) is 2. The molecule has 0 aromatic heterocycles. The Morgan fingerprint density at radius 3 is 2.52 bits per heavy atom. The molecule has 1 amide bonds. The minimum Gasteiger partial charge on any atom is -0.444 e. The Kier molecular flexibility index (Phi) is 5.15. The van der Waals surface area contributed by atoms with Crippen LogP contribution in [0.1, 0.15) is 40.5 Å². The van der Waals surface area contributed by atoms with Gasteiger partial charge in [0.25, 0.3) is 0 Å². The fraction of sp³-hybridized carbons (Fsp3) is 0.938. The van der Waals surface area contributed by atoms with E-state index in [0.29, 0.717) is 11.8 Å². The molecular formula is C16H30N2O3. The van der Waals surface area contributed by atoms with Crippen molar-refractivity contribution in [2.45, 2.75) is 52.2 Å². The number of carbonyl (C=O) groups is 1. The number of hydrogen-bond acceptors (Lipinski definition) is 4. The van der Waals surface area contributed by atoms with Crippen molar-refractivity contribution in [2.24, 2.45) is 11.8 Å². The van der Waals surface area contributed by atoms with Gasteiger partial charge in [0.2, 0.25) is 0 Å². The van der Waals surface area contributed by atoms with E-state index in [2.05, 4.69) is 4.90 Å². The number of ether oxygens (including phenoxy) is 1. The van der Waals surface area contributed by atoms with Crippen molar-refractivity contribution in [3.63, 3.8) is 0 Å². The van der Waals surface area contributed by atoms with Crippen LogP contribution in [0.15, 0.2) is 0 Å². The van der Waals surface area contributed by atoms with Gasteiger partial charge in [-0.05, 0) is 58.9 Å². The van der Waals surface area contributed by atoms with Crippen molar-refractivity contribution >= 4 is 6.09 Å². The van der Waals surface area contributed by atoms with Crippen LogP contribution in [0.25, 0.3) is 0 Å². The summed E-state index contributed by atoms with van der Waals surface area (Å²) >= 11 is 0. The van der Waals surface area contributed by atoms with Crippen LogP contribution in [0, 0.1) is 11.8 Å². The average Bonchev–Trinajstić information content (AvgIpc) is 2.23. The zero-order valence-corrected chi connectivity index (χ0v) is 13.8. The molecule has 2 unspecified atom stereocenters. The van der Waals surface area contributed by atoms with Gasteiger partial charge >= 0.3 is 6.09 Å². The molecule has 2 rings (SSSR count). The molecule has 2 aliphatic heterocycles. The van der Waals surface area contributed by atoms with Gasteiger partial charge < -0.3 is 19.6 Å². The Balaban J connectivity index is 1.75. The predicted octanol–water partition coefficient (Wildman–Crippen LogP) is 1.95. The van der Waals surface area contributed by atoms with Gasteiger partial charge in [0.1, 0.15) is 5.60 Å². The lowest BCUT2D eigenvalue weighted by molar-refractivity contribution is -0.0217. The highest BCUT2D eigenvalue weighted by atomic mass is 16.6. The van der Waals surface area contributed by atoms with E-state index in [-0.39, 0.29) is 12.2 Å². The summed E-state index contributed by atoms with van der Waals surface area (Å²) in [4.78, 5) is 16.1. The minimum absolute atomic E-state index is 0.185. The summed E-state index contributed by atoms with van der Waals surface area (Å²) in [6.07, 6.45) is 1.99. The van der Waals surface area contributed by atoms with Crippen LogP contribution in [0.2, 0.25) is 0 Å². The molecule has 0 radical (unpaired) electrons. The molecule has 5 heteroatoms. The van der Waals surface area contributed by atoms with E-state index in [9.17, 15) is 9.90 Å². The normalized spacial score (nSPS) is 26.3. The number of amides is 1. The molecule has 122 valence electrons. The molecule has 2 atom stereocenters. The van der Waals surface area contributed by atoms with Gasteiger partial charge in [-0.25, -0.2) is 4.79 Å². The molecule has 2 heterocycles.